The first-order chi connectivity index (χ1) is 9.45. The average Bonchev–Trinajstić information content (AvgIpc) is 2.67. The van der Waals surface area contributed by atoms with Crippen LogP contribution in [0.1, 0.15) is 40.5 Å². The average molecular weight is 293 g/mol. The molecule has 0 aliphatic heterocycles. The van der Waals surface area contributed by atoms with Crippen molar-refractivity contribution in [2.45, 2.75) is 33.6 Å². The van der Waals surface area contributed by atoms with E-state index in [4.69, 9.17) is 11.6 Å². The second kappa shape index (κ2) is 5.67. The van der Waals surface area contributed by atoms with Crippen molar-refractivity contribution in [1.29, 1.82) is 0 Å². The zero-order valence-electron chi connectivity index (χ0n) is 11.8. The number of hydrogen-bond donors (Lipinski definition) is 1. The molecule has 0 amide bonds. The van der Waals surface area contributed by atoms with Crippen LogP contribution in [0.5, 0.6) is 0 Å². The van der Waals surface area contributed by atoms with Crippen molar-refractivity contribution in [3.63, 3.8) is 0 Å². The third-order valence-corrected chi connectivity index (χ3v) is 3.53. The van der Waals surface area contributed by atoms with Crippen molar-refractivity contribution in [2.75, 3.05) is 0 Å². The van der Waals surface area contributed by atoms with Gasteiger partial charge in [-0.2, -0.15) is 5.10 Å². The predicted octanol–water partition coefficient (Wildman–Crippen LogP) is 3.79. The monoisotopic (exact) mass is 292 g/mol. The lowest BCUT2D eigenvalue weighted by Crippen LogP contribution is -2.01. The first kappa shape index (κ1) is 14.6. The number of nitrogens with zero attached hydrogens (tertiary/aromatic N) is 2. The summed E-state index contributed by atoms with van der Waals surface area (Å²) in [5, 5.41) is 13.9. The predicted molar refractivity (Wildman–Crippen MR) is 79.0 cm³/mol. The molecule has 4 nitrogen and oxygen atoms in total. The molecular formula is C15H17ClN2O2. The summed E-state index contributed by atoms with van der Waals surface area (Å²) in [6.45, 7) is 5.95. The van der Waals surface area contributed by atoms with Gasteiger partial charge in [-0.3, -0.25) is 0 Å². The number of aromatic nitrogens is 2. The van der Waals surface area contributed by atoms with Crippen molar-refractivity contribution in [1.82, 2.24) is 9.78 Å². The molecule has 0 unspecified atom stereocenters. The third kappa shape index (κ3) is 2.56. The fourth-order valence-electron chi connectivity index (χ4n) is 2.27. The lowest BCUT2D eigenvalue weighted by molar-refractivity contribution is 0.0696. The number of carbonyl (C=O) groups is 1. The van der Waals surface area contributed by atoms with Crippen LogP contribution in [0.15, 0.2) is 18.2 Å². The van der Waals surface area contributed by atoms with Gasteiger partial charge in [-0.1, -0.05) is 42.6 Å². The van der Waals surface area contributed by atoms with Gasteiger partial charge in [0.1, 0.15) is 10.7 Å². The van der Waals surface area contributed by atoms with Gasteiger partial charge in [-0.15, -0.1) is 0 Å². The molecule has 2 aromatic rings. The first-order valence-corrected chi connectivity index (χ1v) is 6.91. The summed E-state index contributed by atoms with van der Waals surface area (Å²) in [5.74, 6) is -1.03. The highest BCUT2D eigenvalue weighted by Gasteiger charge is 2.22. The van der Waals surface area contributed by atoms with Crippen LogP contribution in [0.4, 0.5) is 0 Å². The van der Waals surface area contributed by atoms with Gasteiger partial charge in [0.2, 0.25) is 0 Å². The van der Waals surface area contributed by atoms with E-state index in [0.717, 1.165) is 23.2 Å². The molecule has 0 saturated carbocycles. The number of hydrogen-bond acceptors (Lipinski definition) is 2. The van der Waals surface area contributed by atoms with Crippen molar-refractivity contribution < 1.29 is 9.90 Å². The fourth-order valence-corrected chi connectivity index (χ4v) is 2.58. The maximum atomic E-state index is 11.4. The lowest BCUT2D eigenvalue weighted by Gasteiger charge is -2.08. The maximum Gasteiger partial charge on any atom is 0.340 e. The number of carboxylic acids is 1. The molecule has 0 aliphatic rings. The smallest absolute Gasteiger partial charge is 0.340 e. The van der Waals surface area contributed by atoms with Gasteiger partial charge in [0.25, 0.3) is 0 Å². The van der Waals surface area contributed by atoms with E-state index in [0.29, 0.717) is 12.1 Å². The summed E-state index contributed by atoms with van der Waals surface area (Å²) in [7, 11) is 0. The molecule has 5 heteroatoms. The second-order valence-corrected chi connectivity index (χ2v) is 5.23. The van der Waals surface area contributed by atoms with E-state index in [1.54, 1.807) is 0 Å². The summed E-state index contributed by atoms with van der Waals surface area (Å²) in [6, 6.07) is 5.89. The zero-order chi connectivity index (χ0) is 14.9. The Balaban J connectivity index is 2.63. The number of aromatic carboxylic acids is 1. The quantitative estimate of drug-likeness (QED) is 0.932. The Hall–Kier alpha value is -1.81. The van der Waals surface area contributed by atoms with Crippen LogP contribution in [0.2, 0.25) is 5.15 Å². The minimum absolute atomic E-state index is 0.105. The van der Waals surface area contributed by atoms with Crippen LogP contribution >= 0.6 is 11.6 Å². The van der Waals surface area contributed by atoms with Crippen LogP contribution in [-0.4, -0.2) is 20.9 Å². The van der Waals surface area contributed by atoms with Crippen LogP contribution in [0.25, 0.3) is 5.69 Å². The molecule has 1 aromatic heterocycles. The van der Waals surface area contributed by atoms with Crippen molar-refractivity contribution in [3.8, 4) is 5.69 Å². The molecule has 0 saturated heterocycles. The molecule has 0 atom stereocenters. The first-order valence-electron chi connectivity index (χ1n) is 6.54. The topological polar surface area (TPSA) is 55.1 Å². The minimum atomic E-state index is -1.03. The Labute approximate surface area is 123 Å². The molecule has 1 N–H and O–H groups in total. The highest BCUT2D eigenvalue weighted by Crippen LogP contribution is 2.26. The summed E-state index contributed by atoms with van der Waals surface area (Å²) in [5.41, 5.74) is 3.60. The summed E-state index contributed by atoms with van der Waals surface area (Å²) in [4.78, 5) is 11.4. The fraction of sp³-hybridized carbons (Fsp3) is 0.333. The molecule has 0 bridgehead atoms. The SMILES string of the molecule is CCCc1nn(-c2ccc(C)cc2C)c(Cl)c1C(=O)O. The number of rotatable bonds is 4. The highest BCUT2D eigenvalue weighted by atomic mass is 35.5. The number of benzene rings is 1. The van der Waals surface area contributed by atoms with Gasteiger partial charge in [-0.05, 0) is 31.9 Å². The summed E-state index contributed by atoms with van der Waals surface area (Å²) in [6.07, 6.45) is 1.42. The van der Waals surface area contributed by atoms with Gasteiger partial charge in [0, 0.05) is 0 Å². The molecule has 0 fully saturated rings. The largest absolute Gasteiger partial charge is 0.478 e. The Bertz CT molecular complexity index is 662. The molecule has 1 heterocycles. The number of aryl methyl sites for hydroxylation is 3. The maximum absolute atomic E-state index is 11.4. The molecular weight excluding hydrogens is 276 g/mol. The van der Waals surface area contributed by atoms with Gasteiger partial charge >= 0.3 is 5.97 Å². The van der Waals surface area contributed by atoms with Crippen LogP contribution < -0.4 is 0 Å². The Morgan fingerprint density at radius 2 is 2.10 bits per heavy atom. The van der Waals surface area contributed by atoms with Crippen LogP contribution in [0, 0.1) is 13.8 Å². The second-order valence-electron chi connectivity index (χ2n) is 4.87. The van der Waals surface area contributed by atoms with Crippen LogP contribution in [-0.2, 0) is 6.42 Å². The van der Waals surface area contributed by atoms with Gasteiger partial charge < -0.3 is 5.11 Å². The van der Waals surface area contributed by atoms with Gasteiger partial charge in [0.05, 0.1) is 11.4 Å². The molecule has 0 radical (unpaired) electrons. The van der Waals surface area contributed by atoms with Crippen molar-refractivity contribution in [3.05, 3.63) is 45.7 Å². The normalized spacial score (nSPS) is 10.8. The Morgan fingerprint density at radius 3 is 2.65 bits per heavy atom. The van der Waals surface area contributed by atoms with E-state index in [1.165, 1.54) is 4.68 Å². The van der Waals surface area contributed by atoms with Crippen molar-refractivity contribution >= 4 is 17.6 Å². The highest BCUT2D eigenvalue weighted by molar-refractivity contribution is 6.33. The number of carboxylic acid groups (broad SMARTS) is 1. The van der Waals surface area contributed by atoms with Gasteiger partial charge in [0.15, 0.2) is 0 Å². The third-order valence-electron chi connectivity index (χ3n) is 3.18. The van der Waals surface area contributed by atoms with Crippen LogP contribution in [0.3, 0.4) is 0 Å². The molecule has 106 valence electrons. The lowest BCUT2D eigenvalue weighted by atomic mass is 10.1. The van der Waals surface area contributed by atoms with E-state index >= 15 is 0 Å². The van der Waals surface area contributed by atoms with E-state index in [1.807, 2.05) is 39.0 Å². The van der Waals surface area contributed by atoms with E-state index in [2.05, 4.69) is 5.10 Å². The molecule has 1 aromatic carbocycles. The molecule has 0 spiro atoms. The molecule has 2 rings (SSSR count). The standard InChI is InChI=1S/C15H17ClN2O2/c1-4-5-11-13(15(19)20)14(16)18(17-11)12-7-6-9(2)8-10(12)3/h6-8H,4-5H2,1-3H3,(H,19,20). The van der Waals surface area contributed by atoms with Crippen molar-refractivity contribution in [2.24, 2.45) is 0 Å². The van der Waals surface area contributed by atoms with E-state index in [-0.39, 0.29) is 10.7 Å². The van der Waals surface area contributed by atoms with E-state index < -0.39 is 5.97 Å². The zero-order valence-corrected chi connectivity index (χ0v) is 12.5. The Morgan fingerprint density at radius 1 is 1.40 bits per heavy atom. The minimum Gasteiger partial charge on any atom is -0.478 e. The number of halogens is 1. The summed E-state index contributed by atoms with van der Waals surface area (Å²) < 4.78 is 1.52. The summed E-state index contributed by atoms with van der Waals surface area (Å²) >= 11 is 6.23. The molecule has 20 heavy (non-hydrogen) atoms. The van der Waals surface area contributed by atoms with Gasteiger partial charge in [-0.25, -0.2) is 9.48 Å². The van der Waals surface area contributed by atoms with E-state index in [9.17, 15) is 9.90 Å². The Kier molecular flexibility index (Phi) is 4.14. The molecule has 0 aliphatic carbocycles.